The van der Waals surface area contributed by atoms with Crippen LogP contribution in [0.1, 0.15) is 19.8 Å². The Morgan fingerprint density at radius 1 is 1.53 bits per heavy atom. The van der Waals surface area contributed by atoms with E-state index in [0.29, 0.717) is 18.4 Å². The molecule has 0 saturated carbocycles. The number of carbonyl (C=O) groups is 1. The summed E-state index contributed by atoms with van der Waals surface area (Å²) in [6.07, 6.45) is 6.54. The van der Waals surface area contributed by atoms with Gasteiger partial charge in [-0.05, 0) is 24.7 Å². The summed E-state index contributed by atoms with van der Waals surface area (Å²) in [5.41, 5.74) is 10.5. The molecule has 0 aliphatic heterocycles. The molecule has 3 unspecified atom stereocenters. The van der Waals surface area contributed by atoms with Gasteiger partial charge in [0.2, 0.25) is 5.91 Å². The van der Waals surface area contributed by atoms with E-state index in [2.05, 4.69) is 19.1 Å². The first-order chi connectivity index (χ1) is 7.11. The van der Waals surface area contributed by atoms with E-state index in [9.17, 15) is 4.79 Å². The van der Waals surface area contributed by atoms with Crippen LogP contribution in [0.15, 0.2) is 12.2 Å². The van der Waals surface area contributed by atoms with E-state index in [1.54, 1.807) is 0 Å². The first-order valence-corrected chi connectivity index (χ1v) is 5.39. The Balaban J connectivity index is 2.19. The van der Waals surface area contributed by atoms with Gasteiger partial charge in [0.1, 0.15) is 6.04 Å². The van der Waals surface area contributed by atoms with Crippen LogP contribution >= 0.6 is 0 Å². The zero-order chi connectivity index (χ0) is 11.3. The highest BCUT2D eigenvalue weighted by Gasteiger charge is 2.19. The predicted molar refractivity (Wildman–Crippen MR) is 59.0 cm³/mol. The number of nitrogens with two attached hydrogens (primary N) is 2. The number of ether oxygens (including phenoxy) is 1. The Hall–Kier alpha value is -0.870. The highest BCUT2D eigenvalue weighted by Crippen LogP contribution is 2.24. The van der Waals surface area contributed by atoms with Crippen molar-refractivity contribution in [2.75, 3.05) is 13.2 Å². The molecule has 0 heterocycles. The predicted octanol–water partition coefficient (Wildman–Crippen LogP) is 0.418. The minimum Gasteiger partial charge on any atom is -0.379 e. The summed E-state index contributed by atoms with van der Waals surface area (Å²) < 4.78 is 5.41. The van der Waals surface area contributed by atoms with Gasteiger partial charge in [0.15, 0.2) is 0 Å². The monoisotopic (exact) mass is 212 g/mol. The van der Waals surface area contributed by atoms with E-state index in [1.807, 2.05) is 0 Å². The highest BCUT2D eigenvalue weighted by atomic mass is 16.5. The molecule has 1 aliphatic carbocycles. The van der Waals surface area contributed by atoms with E-state index in [1.165, 1.54) is 0 Å². The highest BCUT2D eigenvalue weighted by molar-refractivity contribution is 5.79. The Morgan fingerprint density at radius 2 is 2.20 bits per heavy atom. The van der Waals surface area contributed by atoms with Gasteiger partial charge >= 0.3 is 0 Å². The largest absolute Gasteiger partial charge is 0.379 e. The van der Waals surface area contributed by atoms with Gasteiger partial charge in [0.25, 0.3) is 0 Å². The molecule has 1 rings (SSSR count). The molecule has 4 N–H and O–H groups in total. The fraction of sp³-hybridized carbons (Fsp3) is 0.727. The minimum atomic E-state index is -0.681. The van der Waals surface area contributed by atoms with Crippen molar-refractivity contribution in [2.24, 2.45) is 23.3 Å². The van der Waals surface area contributed by atoms with Crippen molar-refractivity contribution in [3.8, 4) is 0 Å². The molecule has 0 saturated heterocycles. The summed E-state index contributed by atoms with van der Waals surface area (Å²) in [7, 11) is 0. The third kappa shape index (κ3) is 4.01. The van der Waals surface area contributed by atoms with Crippen molar-refractivity contribution in [3.63, 3.8) is 0 Å². The average molecular weight is 212 g/mol. The van der Waals surface area contributed by atoms with E-state index < -0.39 is 11.9 Å². The van der Waals surface area contributed by atoms with Gasteiger partial charge in [0.05, 0.1) is 13.2 Å². The van der Waals surface area contributed by atoms with E-state index in [0.717, 1.165) is 12.8 Å². The number of rotatable bonds is 5. The fourth-order valence-corrected chi connectivity index (χ4v) is 1.67. The molecule has 0 spiro atoms. The first-order valence-electron chi connectivity index (χ1n) is 5.39. The van der Waals surface area contributed by atoms with Crippen LogP contribution < -0.4 is 11.5 Å². The molecule has 0 aromatic carbocycles. The second-order valence-electron chi connectivity index (χ2n) is 4.23. The van der Waals surface area contributed by atoms with Gasteiger partial charge in [-0.3, -0.25) is 4.79 Å². The summed E-state index contributed by atoms with van der Waals surface area (Å²) in [5, 5.41) is 0. The van der Waals surface area contributed by atoms with Crippen LogP contribution in [0.3, 0.4) is 0 Å². The summed E-state index contributed by atoms with van der Waals surface area (Å²) in [5.74, 6) is 0.668. The van der Waals surface area contributed by atoms with Gasteiger partial charge in [-0.15, -0.1) is 0 Å². The van der Waals surface area contributed by atoms with Crippen LogP contribution in [0.25, 0.3) is 0 Å². The molecule has 15 heavy (non-hydrogen) atoms. The van der Waals surface area contributed by atoms with Crippen LogP contribution in [0.2, 0.25) is 0 Å². The Morgan fingerprint density at radius 3 is 2.80 bits per heavy atom. The molecule has 4 heteroatoms. The van der Waals surface area contributed by atoms with Gasteiger partial charge in [0, 0.05) is 0 Å². The molecular weight excluding hydrogens is 192 g/mol. The van der Waals surface area contributed by atoms with Crippen molar-refractivity contribution in [1.82, 2.24) is 0 Å². The summed E-state index contributed by atoms with van der Waals surface area (Å²) in [6.45, 7) is 3.10. The lowest BCUT2D eigenvalue weighted by Crippen LogP contribution is -2.40. The molecule has 3 atom stereocenters. The lowest BCUT2D eigenvalue weighted by molar-refractivity contribution is -0.120. The zero-order valence-electron chi connectivity index (χ0n) is 9.19. The van der Waals surface area contributed by atoms with Crippen LogP contribution in [-0.4, -0.2) is 25.2 Å². The summed E-state index contributed by atoms with van der Waals surface area (Å²) in [6, 6.07) is -0.681. The van der Waals surface area contributed by atoms with Crippen molar-refractivity contribution in [3.05, 3.63) is 12.2 Å². The number of primary amides is 1. The Labute approximate surface area is 90.6 Å². The number of hydrogen-bond donors (Lipinski definition) is 2. The molecule has 1 aliphatic rings. The van der Waals surface area contributed by atoms with Gasteiger partial charge in [-0.1, -0.05) is 19.1 Å². The van der Waals surface area contributed by atoms with Gasteiger partial charge < -0.3 is 16.2 Å². The lowest BCUT2D eigenvalue weighted by atomic mass is 9.85. The summed E-state index contributed by atoms with van der Waals surface area (Å²) in [4.78, 5) is 10.7. The zero-order valence-corrected chi connectivity index (χ0v) is 9.19. The smallest absolute Gasteiger partial charge is 0.236 e. The molecule has 0 fully saturated rings. The quantitative estimate of drug-likeness (QED) is 0.648. The third-order valence-electron chi connectivity index (χ3n) is 2.91. The van der Waals surface area contributed by atoms with Gasteiger partial charge in [-0.2, -0.15) is 0 Å². The van der Waals surface area contributed by atoms with Crippen LogP contribution in [0.4, 0.5) is 0 Å². The maximum atomic E-state index is 10.7. The molecule has 0 radical (unpaired) electrons. The van der Waals surface area contributed by atoms with Crippen molar-refractivity contribution < 1.29 is 9.53 Å². The lowest BCUT2D eigenvalue weighted by Gasteiger charge is -2.25. The molecule has 1 amide bonds. The van der Waals surface area contributed by atoms with Crippen LogP contribution in [-0.2, 0) is 9.53 Å². The SMILES string of the molecule is CC1CC=CCC1COCC(N)C(N)=O. The average Bonchev–Trinajstić information content (AvgIpc) is 2.20. The maximum absolute atomic E-state index is 10.7. The minimum absolute atomic E-state index is 0.224. The van der Waals surface area contributed by atoms with Gasteiger partial charge in [-0.25, -0.2) is 0 Å². The maximum Gasteiger partial charge on any atom is 0.236 e. The Kier molecular flexibility index (Phi) is 4.78. The number of allylic oxidation sites excluding steroid dienone is 2. The van der Waals surface area contributed by atoms with E-state index in [4.69, 9.17) is 16.2 Å². The molecular formula is C11H20N2O2. The molecule has 0 aromatic heterocycles. The normalized spacial score (nSPS) is 27.6. The molecule has 0 bridgehead atoms. The van der Waals surface area contributed by atoms with Crippen molar-refractivity contribution in [2.45, 2.75) is 25.8 Å². The number of amides is 1. The van der Waals surface area contributed by atoms with Crippen molar-refractivity contribution >= 4 is 5.91 Å². The molecule has 4 nitrogen and oxygen atoms in total. The third-order valence-corrected chi connectivity index (χ3v) is 2.91. The van der Waals surface area contributed by atoms with Crippen LogP contribution in [0, 0.1) is 11.8 Å². The number of carbonyl (C=O) groups excluding carboxylic acids is 1. The first kappa shape index (κ1) is 12.2. The van der Waals surface area contributed by atoms with E-state index >= 15 is 0 Å². The van der Waals surface area contributed by atoms with Crippen LogP contribution in [0.5, 0.6) is 0 Å². The fourth-order valence-electron chi connectivity index (χ4n) is 1.67. The molecule has 0 aromatic rings. The summed E-state index contributed by atoms with van der Waals surface area (Å²) >= 11 is 0. The molecule has 86 valence electrons. The van der Waals surface area contributed by atoms with Crippen molar-refractivity contribution in [1.29, 1.82) is 0 Å². The standard InChI is InChI=1S/C11H20N2O2/c1-8-4-2-3-5-9(8)6-15-7-10(12)11(13)14/h2-3,8-10H,4-7,12H2,1H3,(H2,13,14). The van der Waals surface area contributed by atoms with E-state index in [-0.39, 0.29) is 6.61 Å². The number of hydrogen-bond acceptors (Lipinski definition) is 3. The Bertz CT molecular complexity index is 241. The second kappa shape index (κ2) is 5.88. The topological polar surface area (TPSA) is 78.3 Å². The second-order valence-corrected chi connectivity index (χ2v) is 4.23.